The number of hydrogen-bond donors (Lipinski definition) is 1. The second kappa shape index (κ2) is 7.22. The van der Waals surface area contributed by atoms with Crippen LogP contribution >= 0.6 is 22.6 Å². The van der Waals surface area contributed by atoms with E-state index >= 15 is 0 Å². The summed E-state index contributed by atoms with van der Waals surface area (Å²) in [6.07, 6.45) is 0. The quantitative estimate of drug-likeness (QED) is 0.301. The summed E-state index contributed by atoms with van der Waals surface area (Å²) in [6, 6.07) is 10.5. The van der Waals surface area contributed by atoms with Crippen molar-refractivity contribution in [2.24, 2.45) is 0 Å². The fraction of sp³-hybridized carbons (Fsp3) is 0.133. The molecule has 0 saturated carbocycles. The summed E-state index contributed by atoms with van der Waals surface area (Å²) in [4.78, 5) is 11.2. The molecule has 2 aromatic rings. The van der Waals surface area contributed by atoms with Crippen LogP contribution in [0.3, 0.4) is 0 Å². The Kier molecular flexibility index (Phi) is 5.64. The number of halogens is 3. The minimum absolute atomic E-state index is 0.333. The molecule has 0 atom stereocenters. The van der Waals surface area contributed by atoms with Gasteiger partial charge >= 0.3 is 21.3 Å². The molecular weight excluding hydrogens is 473 g/mol. The van der Waals surface area contributed by atoms with E-state index in [2.05, 4.69) is 27.3 Å². The van der Waals surface area contributed by atoms with Crippen LogP contribution < -0.4 is 9.47 Å². The van der Waals surface area contributed by atoms with Crippen molar-refractivity contribution in [3.05, 3.63) is 51.6 Å². The minimum atomic E-state index is -5.91. The first-order valence-electron chi connectivity index (χ1n) is 6.62. The smallest absolute Gasteiger partial charge is 0.457 e. The molecule has 0 unspecified atom stereocenters. The van der Waals surface area contributed by atoms with Crippen molar-refractivity contribution in [1.29, 1.82) is 0 Å². The van der Waals surface area contributed by atoms with E-state index in [0.29, 0.717) is 11.5 Å². The maximum absolute atomic E-state index is 13.1. The second-order valence-electron chi connectivity index (χ2n) is 4.86. The van der Waals surface area contributed by atoms with Crippen LogP contribution in [0, 0.1) is 10.5 Å². The number of ether oxygens (including phenoxy) is 2. The Morgan fingerprint density at radius 3 is 2.20 bits per heavy atom. The van der Waals surface area contributed by atoms with Gasteiger partial charge in [-0.2, -0.15) is 17.2 Å². The van der Waals surface area contributed by atoms with Gasteiger partial charge in [0, 0.05) is 3.57 Å². The molecule has 0 bridgehead atoms. The van der Waals surface area contributed by atoms with Gasteiger partial charge in [0.15, 0.2) is 0 Å². The summed E-state index contributed by atoms with van der Waals surface area (Å²) in [5.74, 6) is -1.80. The van der Waals surface area contributed by atoms with Gasteiger partial charge in [-0.05, 0) is 77.5 Å². The van der Waals surface area contributed by atoms with Crippen molar-refractivity contribution < 1.29 is 36.0 Å². The predicted octanol–water partition coefficient (Wildman–Crippen LogP) is 3.78. The Hall–Kier alpha value is -1.79. The summed E-state index contributed by atoms with van der Waals surface area (Å²) in [7, 11) is -5.91. The number of alkyl halides is 2. The van der Waals surface area contributed by atoms with E-state index in [-0.39, 0.29) is 5.75 Å². The zero-order chi connectivity index (χ0) is 18.8. The van der Waals surface area contributed by atoms with Gasteiger partial charge in [-0.25, -0.2) is 4.79 Å². The van der Waals surface area contributed by atoms with Crippen molar-refractivity contribution in [1.82, 2.24) is 0 Å². The van der Waals surface area contributed by atoms with Crippen molar-refractivity contribution in [2.75, 3.05) is 0 Å². The molecule has 0 aliphatic carbocycles. The van der Waals surface area contributed by atoms with Crippen molar-refractivity contribution in [2.45, 2.75) is 12.2 Å². The first-order chi connectivity index (χ1) is 11.5. The van der Waals surface area contributed by atoms with Gasteiger partial charge in [-0.3, -0.25) is 4.55 Å². The van der Waals surface area contributed by atoms with Crippen LogP contribution in [0.15, 0.2) is 42.5 Å². The number of carbonyl (C=O) groups is 1. The van der Waals surface area contributed by atoms with Crippen LogP contribution in [0.1, 0.15) is 5.56 Å². The zero-order valence-electron chi connectivity index (χ0n) is 12.6. The van der Waals surface area contributed by atoms with Crippen molar-refractivity contribution >= 4 is 38.7 Å². The fourth-order valence-corrected chi connectivity index (χ4v) is 2.60. The average molecular weight is 484 g/mol. The van der Waals surface area contributed by atoms with Crippen molar-refractivity contribution in [3.8, 4) is 17.2 Å². The molecule has 2 rings (SSSR count). The molecule has 0 heterocycles. The highest BCUT2D eigenvalue weighted by Crippen LogP contribution is 2.29. The van der Waals surface area contributed by atoms with E-state index in [4.69, 9.17) is 9.29 Å². The van der Waals surface area contributed by atoms with E-state index in [1.807, 2.05) is 19.1 Å². The zero-order valence-corrected chi connectivity index (χ0v) is 15.5. The minimum Gasteiger partial charge on any atom is -0.457 e. The molecule has 2 aromatic carbocycles. The average Bonchev–Trinajstić information content (AvgIpc) is 2.50. The van der Waals surface area contributed by atoms with Gasteiger partial charge in [0.1, 0.15) is 17.2 Å². The summed E-state index contributed by atoms with van der Waals surface area (Å²) in [5, 5.41) is -5.06. The largest absolute Gasteiger partial charge is 0.466 e. The highest BCUT2D eigenvalue weighted by Gasteiger charge is 2.54. The summed E-state index contributed by atoms with van der Waals surface area (Å²) in [6.45, 7) is 1.85. The normalized spacial score (nSPS) is 11.9. The van der Waals surface area contributed by atoms with E-state index < -0.39 is 21.3 Å². The van der Waals surface area contributed by atoms with Gasteiger partial charge in [0.05, 0.1) is 0 Å². The summed E-state index contributed by atoms with van der Waals surface area (Å²) in [5.41, 5.74) is 0.884. The van der Waals surface area contributed by atoms with Crippen LogP contribution in [-0.2, 0) is 14.9 Å². The maximum Gasteiger partial charge on any atom is 0.466 e. The van der Waals surface area contributed by atoms with E-state index in [1.165, 1.54) is 12.1 Å². The standard InChI is InChI=1S/C15H11F2IO6S/c1-9-8-10(18)2-7-13(9)23-11-3-5-12(6-4-11)24-14(19)15(16,17)25(20,21)22/h2-8H,1H3,(H,20,21,22). The lowest BCUT2D eigenvalue weighted by molar-refractivity contribution is -0.151. The lowest BCUT2D eigenvalue weighted by Gasteiger charge is -2.12. The Labute approximate surface area is 155 Å². The third-order valence-electron chi connectivity index (χ3n) is 2.96. The molecule has 0 radical (unpaired) electrons. The molecule has 0 fully saturated rings. The molecule has 0 aliphatic heterocycles. The number of rotatable bonds is 5. The van der Waals surface area contributed by atoms with Crippen LogP contribution in [0.2, 0.25) is 0 Å². The van der Waals surface area contributed by atoms with E-state index in [1.54, 1.807) is 6.07 Å². The molecule has 0 saturated heterocycles. The molecule has 10 heteroatoms. The SMILES string of the molecule is Cc1cc(I)ccc1Oc1ccc(OC(=O)C(F)(F)S(=O)(=O)O)cc1. The molecule has 134 valence electrons. The van der Waals surface area contributed by atoms with Gasteiger partial charge < -0.3 is 9.47 Å². The number of hydrogen-bond acceptors (Lipinski definition) is 5. The molecular formula is C15H11F2IO6S. The van der Waals surface area contributed by atoms with Crippen LogP contribution in [0.25, 0.3) is 0 Å². The monoisotopic (exact) mass is 484 g/mol. The fourth-order valence-electron chi connectivity index (χ4n) is 1.70. The van der Waals surface area contributed by atoms with E-state index in [9.17, 15) is 22.0 Å². The van der Waals surface area contributed by atoms with Gasteiger partial charge in [0.2, 0.25) is 0 Å². The molecule has 0 amide bonds. The predicted molar refractivity (Wildman–Crippen MR) is 92.5 cm³/mol. The molecule has 1 N–H and O–H groups in total. The third-order valence-corrected chi connectivity index (χ3v) is 4.45. The summed E-state index contributed by atoms with van der Waals surface area (Å²) < 4.78 is 66.5. The Balaban J connectivity index is 2.11. The number of carbonyl (C=O) groups excluding carboxylic acids is 1. The Morgan fingerprint density at radius 1 is 1.12 bits per heavy atom. The van der Waals surface area contributed by atoms with Crippen molar-refractivity contribution in [3.63, 3.8) is 0 Å². The maximum atomic E-state index is 13.1. The first-order valence-corrected chi connectivity index (χ1v) is 9.14. The third kappa shape index (κ3) is 4.64. The number of esters is 1. The number of aryl methyl sites for hydroxylation is 1. The first kappa shape index (κ1) is 19.5. The van der Waals surface area contributed by atoms with Crippen LogP contribution in [-0.4, -0.2) is 24.2 Å². The van der Waals surface area contributed by atoms with Gasteiger partial charge in [0.25, 0.3) is 0 Å². The molecule has 0 aliphatic rings. The van der Waals surface area contributed by atoms with E-state index in [0.717, 1.165) is 21.3 Å². The molecule has 25 heavy (non-hydrogen) atoms. The molecule has 6 nitrogen and oxygen atoms in total. The van der Waals surface area contributed by atoms with Gasteiger partial charge in [-0.1, -0.05) is 0 Å². The Bertz CT molecular complexity index is 897. The molecule has 0 aromatic heterocycles. The lowest BCUT2D eigenvalue weighted by Crippen LogP contribution is -2.40. The lowest BCUT2D eigenvalue weighted by atomic mass is 10.2. The summed E-state index contributed by atoms with van der Waals surface area (Å²) >= 11 is 2.15. The molecule has 0 spiro atoms. The second-order valence-corrected chi connectivity index (χ2v) is 7.57. The Morgan fingerprint density at radius 2 is 1.68 bits per heavy atom. The highest BCUT2D eigenvalue weighted by atomic mass is 127. The topological polar surface area (TPSA) is 89.9 Å². The van der Waals surface area contributed by atoms with Gasteiger partial charge in [-0.15, -0.1) is 0 Å². The van der Waals surface area contributed by atoms with Crippen LogP contribution in [0.5, 0.6) is 17.2 Å². The highest BCUT2D eigenvalue weighted by molar-refractivity contribution is 14.1. The number of benzene rings is 2. The van der Waals surface area contributed by atoms with Crippen LogP contribution in [0.4, 0.5) is 8.78 Å².